The third-order valence-electron chi connectivity index (χ3n) is 6.67. The summed E-state index contributed by atoms with van der Waals surface area (Å²) in [5.74, 6) is -0.255. The van der Waals surface area contributed by atoms with Crippen LogP contribution in [0, 0.1) is 13.8 Å². The van der Waals surface area contributed by atoms with E-state index in [-0.39, 0.29) is 16.6 Å². The lowest BCUT2D eigenvalue weighted by molar-refractivity contribution is -0.119. The van der Waals surface area contributed by atoms with Crippen LogP contribution in [0.1, 0.15) is 34.0 Å². The largest absolute Gasteiger partial charge is 0.493 e. The molecule has 11 heteroatoms. The second-order valence-corrected chi connectivity index (χ2v) is 11.9. The molecular weight excluding hydrogens is 580 g/mol. The van der Waals surface area contributed by atoms with Gasteiger partial charge in [0, 0.05) is 17.3 Å². The summed E-state index contributed by atoms with van der Waals surface area (Å²) in [5, 5.41) is 7.03. The number of sulfonamides is 1. The van der Waals surface area contributed by atoms with Crippen molar-refractivity contribution in [3.05, 3.63) is 113 Å². The van der Waals surface area contributed by atoms with Crippen LogP contribution in [-0.4, -0.2) is 46.7 Å². The van der Waals surface area contributed by atoms with Crippen LogP contribution in [0.3, 0.4) is 0 Å². The zero-order valence-corrected chi connectivity index (χ0v) is 25.9. The number of anilines is 2. The van der Waals surface area contributed by atoms with Crippen molar-refractivity contribution in [1.82, 2.24) is 5.43 Å². The smallest absolute Gasteiger partial charge is 0.264 e. The summed E-state index contributed by atoms with van der Waals surface area (Å²) in [4.78, 5) is 25.5. The van der Waals surface area contributed by atoms with Gasteiger partial charge in [0.2, 0.25) is 0 Å². The van der Waals surface area contributed by atoms with Crippen LogP contribution in [-0.2, 0) is 14.8 Å². The zero-order valence-electron chi connectivity index (χ0n) is 25.1. The highest BCUT2D eigenvalue weighted by Crippen LogP contribution is 2.32. The first-order valence-electron chi connectivity index (χ1n) is 13.6. The number of methoxy groups -OCH3 is 2. The maximum Gasteiger partial charge on any atom is 0.264 e. The molecule has 0 unspecified atom stereocenters. The number of amides is 2. The van der Waals surface area contributed by atoms with Gasteiger partial charge >= 0.3 is 0 Å². The summed E-state index contributed by atoms with van der Waals surface area (Å²) in [6, 6.07) is 25.4. The van der Waals surface area contributed by atoms with E-state index >= 15 is 0 Å². The minimum absolute atomic E-state index is 0.0683. The lowest BCUT2D eigenvalue weighted by Gasteiger charge is -2.25. The number of hydrogen-bond donors (Lipinski definition) is 2. The molecule has 0 saturated heterocycles. The standard InChI is InChI=1S/C33H34N4O6S/c1-22-17-23(2)19-28(18-22)37(44(40,41)29-15-16-30(42-4)31(20-29)43-5)21-32(38)36-35-24(3)25-11-13-27(14-12-25)34-33(39)26-9-7-6-8-10-26/h6-20H,21H2,1-5H3,(H,34,39)(H,36,38)/b35-24-. The number of benzene rings is 4. The van der Waals surface area contributed by atoms with Crippen molar-refractivity contribution in [1.29, 1.82) is 0 Å². The quantitative estimate of drug-likeness (QED) is 0.174. The topological polar surface area (TPSA) is 126 Å². The van der Waals surface area contributed by atoms with E-state index in [0.717, 1.165) is 15.4 Å². The van der Waals surface area contributed by atoms with Crippen molar-refractivity contribution < 1.29 is 27.5 Å². The Morgan fingerprint density at radius 3 is 2.05 bits per heavy atom. The SMILES string of the molecule is COc1ccc(S(=O)(=O)N(CC(=O)N/N=C(/C)c2ccc(NC(=O)c3ccccc3)cc2)c2cc(C)cc(C)c2)cc1OC. The van der Waals surface area contributed by atoms with Crippen molar-refractivity contribution in [3.63, 3.8) is 0 Å². The van der Waals surface area contributed by atoms with E-state index in [1.807, 2.05) is 26.0 Å². The average molecular weight is 615 g/mol. The third-order valence-corrected chi connectivity index (χ3v) is 8.44. The second kappa shape index (κ2) is 13.9. The molecule has 4 aromatic rings. The van der Waals surface area contributed by atoms with Crippen LogP contribution in [0.2, 0.25) is 0 Å². The van der Waals surface area contributed by atoms with Crippen molar-refractivity contribution in [2.45, 2.75) is 25.7 Å². The number of nitrogens with zero attached hydrogens (tertiary/aromatic N) is 2. The Morgan fingerprint density at radius 2 is 1.43 bits per heavy atom. The summed E-state index contributed by atoms with van der Waals surface area (Å²) in [6.07, 6.45) is 0. The van der Waals surface area contributed by atoms with E-state index in [9.17, 15) is 18.0 Å². The molecule has 0 aliphatic heterocycles. The fraction of sp³-hybridized carbons (Fsp3) is 0.182. The Bertz CT molecular complexity index is 1770. The van der Waals surface area contributed by atoms with Crippen LogP contribution in [0.4, 0.5) is 11.4 Å². The Labute approximate surface area is 257 Å². The summed E-state index contributed by atoms with van der Waals surface area (Å²) < 4.78 is 39.4. The summed E-state index contributed by atoms with van der Waals surface area (Å²) in [7, 11) is -1.34. The van der Waals surface area contributed by atoms with Gasteiger partial charge in [-0.15, -0.1) is 0 Å². The maximum absolute atomic E-state index is 13.9. The lowest BCUT2D eigenvalue weighted by Crippen LogP contribution is -2.39. The molecule has 4 aromatic carbocycles. The van der Waals surface area contributed by atoms with Gasteiger partial charge in [-0.05, 0) is 86.0 Å². The molecule has 2 amide bonds. The highest BCUT2D eigenvalue weighted by Gasteiger charge is 2.29. The van der Waals surface area contributed by atoms with Gasteiger partial charge in [0.1, 0.15) is 6.54 Å². The molecule has 228 valence electrons. The molecular formula is C33H34N4O6S. The maximum atomic E-state index is 13.9. The van der Waals surface area contributed by atoms with E-state index in [2.05, 4.69) is 15.8 Å². The number of hydrogen-bond acceptors (Lipinski definition) is 7. The molecule has 2 N–H and O–H groups in total. The van der Waals surface area contributed by atoms with Gasteiger partial charge in [-0.25, -0.2) is 13.8 Å². The van der Waals surface area contributed by atoms with Crippen molar-refractivity contribution in [2.75, 3.05) is 30.4 Å². The van der Waals surface area contributed by atoms with Crippen LogP contribution in [0.25, 0.3) is 0 Å². The number of nitrogens with one attached hydrogen (secondary N) is 2. The third kappa shape index (κ3) is 7.61. The van der Waals surface area contributed by atoms with E-state index in [4.69, 9.17) is 9.47 Å². The Balaban J connectivity index is 1.53. The van der Waals surface area contributed by atoms with Crippen molar-refractivity contribution in [2.24, 2.45) is 5.10 Å². The first kappa shape index (κ1) is 31.8. The Morgan fingerprint density at radius 1 is 0.795 bits per heavy atom. The molecule has 0 heterocycles. The number of carbonyl (C=O) groups excluding carboxylic acids is 2. The van der Waals surface area contributed by atoms with Crippen molar-refractivity contribution >= 4 is 38.9 Å². The minimum Gasteiger partial charge on any atom is -0.493 e. The molecule has 0 spiro atoms. The van der Waals surface area contributed by atoms with Gasteiger partial charge in [0.15, 0.2) is 11.5 Å². The normalized spacial score (nSPS) is 11.4. The first-order chi connectivity index (χ1) is 21.0. The molecule has 0 saturated carbocycles. The van der Waals surface area contributed by atoms with Gasteiger partial charge in [0.25, 0.3) is 21.8 Å². The fourth-order valence-electron chi connectivity index (χ4n) is 4.48. The second-order valence-electron chi connectivity index (χ2n) is 10.0. The molecule has 0 atom stereocenters. The van der Waals surface area contributed by atoms with Gasteiger partial charge in [0.05, 0.1) is 30.5 Å². The zero-order chi connectivity index (χ0) is 31.9. The molecule has 0 radical (unpaired) electrons. The molecule has 0 fully saturated rings. The van der Waals surface area contributed by atoms with Crippen LogP contribution in [0.15, 0.2) is 101 Å². The Kier molecular flexibility index (Phi) is 10.0. The fourth-order valence-corrected chi connectivity index (χ4v) is 5.90. The molecule has 4 rings (SSSR count). The number of ether oxygens (including phenoxy) is 2. The van der Waals surface area contributed by atoms with Gasteiger partial charge < -0.3 is 14.8 Å². The number of rotatable bonds is 11. The van der Waals surface area contributed by atoms with Crippen LogP contribution >= 0.6 is 0 Å². The predicted octanol–water partition coefficient (Wildman–Crippen LogP) is 5.31. The van der Waals surface area contributed by atoms with E-state index in [1.165, 1.54) is 32.4 Å². The van der Waals surface area contributed by atoms with E-state index < -0.39 is 22.5 Å². The monoisotopic (exact) mass is 614 g/mol. The van der Waals surface area contributed by atoms with Crippen LogP contribution < -0.4 is 24.5 Å². The molecule has 44 heavy (non-hydrogen) atoms. The minimum atomic E-state index is -4.21. The lowest BCUT2D eigenvalue weighted by atomic mass is 10.1. The van der Waals surface area contributed by atoms with Crippen LogP contribution in [0.5, 0.6) is 11.5 Å². The average Bonchev–Trinajstić information content (AvgIpc) is 3.02. The molecule has 10 nitrogen and oxygen atoms in total. The number of carbonyl (C=O) groups is 2. The summed E-state index contributed by atoms with van der Waals surface area (Å²) in [5.41, 5.74) is 6.81. The highest BCUT2D eigenvalue weighted by atomic mass is 32.2. The summed E-state index contributed by atoms with van der Waals surface area (Å²) in [6.45, 7) is 4.88. The van der Waals surface area contributed by atoms with Gasteiger partial charge in [-0.3, -0.25) is 13.9 Å². The number of aryl methyl sites for hydroxylation is 2. The molecule has 0 aliphatic carbocycles. The molecule has 0 bridgehead atoms. The van der Waals surface area contributed by atoms with Gasteiger partial charge in [-0.2, -0.15) is 5.10 Å². The predicted molar refractivity (Wildman–Crippen MR) is 171 cm³/mol. The number of hydrazone groups is 1. The van der Waals surface area contributed by atoms with Crippen molar-refractivity contribution in [3.8, 4) is 11.5 Å². The van der Waals surface area contributed by atoms with Gasteiger partial charge in [-0.1, -0.05) is 36.4 Å². The summed E-state index contributed by atoms with van der Waals surface area (Å²) >= 11 is 0. The Hall–Kier alpha value is -5.16. The molecule has 0 aliphatic rings. The highest BCUT2D eigenvalue weighted by molar-refractivity contribution is 7.92. The van der Waals surface area contributed by atoms with E-state index in [1.54, 1.807) is 67.6 Å². The van der Waals surface area contributed by atoms with E-state index in [0.29, 0.717) is 34.0 Å². The molecule has 0 aromatic heterocycles. The first-order valence-corrected chi connectivity index (χ1v) is 15.1.